The lowest BCUT2D eigenvalue weighted by Gasteiger charge is -2.20. The van der Waals surface area contributed by atoms with Crippen molar-refractivity contribution in [2.45, 2.75) is 27.4 Å². The fourth-order valence-corrected chi connectivity index (χ4v) is 4.92. The van der Waals surface area contributed by atoms with Gasteiger partial charge in [-0.25, -0.2) is 0 Å². The lowest BCUT2D eigenvalue weighted by molar-refractivity contribution is -0.384. The molecule has 0 radical (unpaired) electrons. The van der Waals surface area contributed by atoms with Crippen LogP contribution in [0.4, 0.5) is 5.69 Å². The fraction of sp³-hybridized carbons (Fsp3) is 0.200. The number of nitro benzene ring substituents is 1. The fourth-order valence-electron chi connectivity index (χ4n) is 3.68. The molecule has 1 aliphatic heterocycles. The normalized spacial score (nSPS) is 14.6. The van der Waals surface area contributed by atoms with E-state index in [0.717, 1.165) is 17.0 Å². The second-order valence-corrected chi connectivity index (χ2v) is 9.45. The van der Waals surface area contributed by atoms with Gasteiger partial charge in [-0.05, 0) is 74.5 Å². The highest BCUT2D eigenvalue weighted by Crippen LogP contribution is 2.35. The maximum Gasteiger partial charge on any atom is 0.285 e. The number of amides is 1. The molecule has 10 heteroatoms. The van der Waals surface area contributed by atoms with Crippen LogP contribution in [0.25, 0.3) is 6.08 Å². The monoisotopic (exact) mass is 509 g/mol. The summed E-state index contributed by atoms with van der Waals surface area (Å²) in [5.41, 5.74) is 3.28. The molecule has 180 valence electrons. The third kappa shape index (κ3) is 5.23. The number of hydrogen-bond donors (Lipinski definition) is 0. The molecular weight excluding hydrogens is 486 g/mol. The van der Waals surface area contributed by atoms with Gasteiger partial charge in [0.25, 0.3) is 11.6 Å². The summed E-state index contributed by atoms with van der Waals surface area (Å²) in [6.07, 6.45) is 1.78. The van der Waals surface area contributed by atoms with Crippen molar-refractivity contribution in [2.75, 3.05) is 11.6 Å². The molecule has 0 unspecified atom stereocenters. The Morgan fingerprint density at radius 2 is 1.80 bits per heavy atom. The number of rotatable bonds is 8. The SMILES string of the molecule is CCOc1cc(/C=C2/SC(=S)N(n3c(C)ccc3C)C2=O)ccc1OCc1cccc([N+](=O)[O-])c1. The van der Waals surface area contributed by atoms with Gasteiger partial charge in [-0.3, -0.25) is 19.6 Å². The molecule has 0 atom stereocenters. The van der Waals surface area contributed by atoms with Crippen LogP contribution in [0, 0.1) is 24.0 Å². The van der Waals surface area contributed by atoms with E-state index >= 15 is 0 Å². The van der Waals surface area contributed by atoms with Gasteiger partial charge < -0.3 is 9.47 Å². The Kier molecular flexibility index (Phi) is 7.23. The van der Waals surface area contributed by atoms with Gasteiger partial charge in [0.1, 0.15) is 6.61 Å². The zero-order chi connectivity index (χ0) is 25.1. The Morgan fingerprint density at radius 1 is 1.06 bits per heavy atom. The maximum absolute atomic E-state index is 13.2. The summed E-state index contributed by atoms with van der Waals surface area (Å²) in [6, 6.07) is 15.6. The maximum atomic E-state index is 13.2. The third-order valence-electron chi connectivity index (χ3n) is 5.29. The van der Waals surface area contributed by atoms with Crippen molar-refractivity contribution in [1.29, 1.82) is 0 Å². The van der Waals surface area contributed by atoms with Gasteiger partial charge in [0.2, 0.25) is 0 Å². The van der Waals surface area contributed by atoms with E-state index in [0.29, 0.717) is 32.9 Å². The standard InChI is InChI=1S/C25H23N3O5S2/c1-4-32-22-13-18(10-11-21(22)33-15-19-6-5-7-20(12-19)28(30)31)14-23-24(29)27(25(34)35-23)26-16(2)8-9-17(26)3/h5-14H,4,15H2,1-3H3/b23-14+. The predicted molar refractivity (Wildman–Crippen MR) is 140 cm³/mol. The van der Waals surface area contributed by atoms with E-state index in [1.54, 1.807) is 30.3 Å². The first-order chi connectivity index (χ1) is 16.8. The van der Waals surface area contributed by atoms with Gasteiger partial charge >= 0.3 is 0 Å². The van der Waals surface area contributed by atoms with Crippen molar-refractivity contribution in [3.8, 4) is 11.5 Å². The summed E-state index contributed by atoms with van der Waals surface area (Å²) in [4.78, 5) is 24.2. The number of non-ortho nitro benzene ring substituents is 1. The first kappa shape index (κ1) is 24.5. The quantitative estimate of drug-likeness (QED) is 0.171. The summed E-state index contributed by atoms with van der Waals surface area (Å²) in [6.45, 7) is 6.29. The number of carbonyl (C=O) groups is 1. The van der Waals surface area contributed by atoms with Crippen molar-refractivity contribution in [2.24, 2.45) is 0 Å². The highest BCUT2D eigenvalue weighted by atomic mass is 32.2. The molecule has 8 nitrogen and oxygen atoms in total. The minimum atomic E-state index is -0.439. The molecule has 0 N–H and O–H groups in total. The molecule has 0 spiro atoms. The minimum absolute atomic E-state index is 0.00842. The Balaban J connectivity index is 1.56. The van der Waals surface area contributed by atoms with E-state index in [1.807, 2.05) is 43.6 Å². The van der Waals surface area contributed by atoms with Gasteiger partial charge in [-0.2, -0.15) is 5.01 Å². The third-order valence-corrected chi connectivity index (χ3v) is 6.57. The van der Waals surface area contributed by atoms with Crippen LogP contribution >= 0.6 is 24.0 Å². The smallest absolute Gasteiger partial charge is 0.285 e. The number of thioether (sulfide) groups is 1. The topological polar surface area (TPSA) is 86.8 Å². The van der Waals surface area contributed by atoms with Gasteiger partial charge in [0.15, 0.2) is 15.8 Å². The van der Waals surface area contributed by atoms with E-state index < -0.39 is 4.92 Å². The number of benzene rings is 2. The molecule has 0 aliphatic carbocycles. The molecule has 1 amide bonds. The van der Waals surface area contributed by atoms with Crippen LogP contribution < -0.4 is 14.5 Å². The number of ether oxygens (including phenoxy) is 2. The number of carbonyl (C=O) groups excluding carboxylic acids is 1. The van der Waals surface area contributed by atoms with Gasteiger partial charge in [0.05, 0.1) is 16.4 Å². The van der Waals surface area contributed by atoms with Crippen LogP contribution in [-0.2, 0) is 11.4 Å². The van der Waals surface area contributed by atoms with Crippen molar-refractivity contribution < 1.29 is 19.2 Å². The summed E-state index contributed by atoms with van der Waals surface area (Å²) in [5.74, 6) is 0.826. The molecule has 1 saturated heterocycles. The zero-order valence-electron chi connectivity index (χ0n) is 19.4. The van der Waals surface area contributed by atoms with E-state index in [-0.39, 0.29) is 18.2 Å². The van der Waals surface area contributed by atoms with Crippen LogP contribution in [0.2, 0.25) is 0 Å². The van der Waals surface area contributed by atoms with E-state index in [1.165, 1.54) is 28.9 Å². The minimum Gasteiger partial charge on any atom is -0.490 e. The van der Waals surface area contributed by atoms with Crippen LogP contribution in [-0.4, -0.2) is 26.4 Å². The second-order valence-electron chi connectivity index (χ2n) is 7.78. The molecule has 35 heavy (non-hydrogen) atoms. The van der Waals surface area contributed by atoms with Crippen LogP contribution in [0.3, 0.4) is 0 Å². The van der Waals surface area contributed by atoms with E-state index in [4.69, 9.17) is 21.7 Å². The van der Waals surface area contributed by atoms with Crippen molar-refractivity contribution >= 4 is 46.0 Å². The Bertz CT molecular complexity index is 1330. The lowest BCUT2D eigenvalue weighted by atomic mass is 10.1. The number of aryl methyl sites for hydroxylation is 2. The van der Waals surface area contributed by atoms with Crippen LogP contribution in [0.1, 0.15) is 29.4 Å². The Hall–Kier alpha value is -3.63. The molecule has 1 fully saturated rings. The molecular formula is C25H23N3O5S2. The summed E-state index contributed by atoms with van der Waals surface area (Å²) in [7, 11) is 0. The van der Waals surface area contributed by atoms with Gasteiger partial charge in [-0.1, -0.05) is 30.0 Å². The van der Waals surface area contributed by atoms with Crippen molar-refractivity contribution in [1.82, 2.24) is 4.68 Å². The average Bonchev–Trinajstić information content (AvgIpc) is 3.29. The number of hydrogen-bond acceptors (Lipinski definition) is 7. The van der Waals surface area contributed by atoms with E-state index in [2.05, 4.69) is 0 Å². The molecule has 2 aromatic carbocycles. The number of aromatic nitrogens is 1. The molecule has 3 aromatic rings. The molecule has 4 rings (SSSR count). The molecule has 1 aliphatic rings. The highest BCUT2D eigenvalue weighted by Gasteiger charge is 2.34. The second kappa shape index (κ2) is 10.3. The number of nitro groups is 1. The summed E-state index contributed by atoms with van der Waals surface area (Å²) in [5, 5.41) is 12.5. The van der Waals surface area contributed by atoms with Crippen LogP contribution in [0.15, 0.2) is 59.5 Å². The molecule has 0 bridgehead atoms. The lowest BCUT2D eigenvalue weighted by Crippen LogP contribution is -2.39. The van der Waals surface area contributed by atoms with Gasteiger partial charge in [0, 0.05) is 23.5 Å². The highest BCUT2D eigenvalue weighted by molar-refractivity contribution is 8.27. The van der Waals surface area contributed by atoms with Gasteiger partial charge in [-0.15, -0.1) is 0 Å². The first-order valence-electron chi connectivity index (χ1n) is 10.8. The molecule has 1 aromatic heterocycles. The summed E-state index contributed by atoms with van der Waals surface area (Å²) >= 11 is 6.74. The average molecular weight is 510 g/mol. The Labute approximate surface area is 212 Å². The number of nitrogens with zero attached hydrogens (tertiary/aromatic N) is 3. The van der Waals surface area contributed by atoms with Crippen molar-refractivity contribution in [3.05, 3.63) is 92.1 Å². The molecule has 0 saturated carbocycles. The van der Waals surface area contributed by atoms with Crippen LogP contribution in [0.5, 0.6) is 11.5 Å². The van der Waals surface area contributed by atoms with Crippen molar-refractivity contribution in [3.63, 3.8) is 0 Å². The zero-order valence-corrected chi connectivity index (χ0v) is 21.0. The Morgan fingerprint density at radius 3 is 2.49 bits per heavy atom. The summed E-state index contributed by atoms with van der Waals surface area (Å²) < 4.78 is 13.9. The number of thiocarbonyl (C=S) groups is 1. The van der Waals surface area contributed by atoms with E-state index in [9.17, 15) is 14.9 Å². The first-order valence-corrected chi connectivity index (χ1v) is 12.1. The largest absolute Gasteiger partial charge is 0.490 e. The predicted octanol–water partition coefficient (Wildman–Crippen LogP) is 5.53. The molecule has 2 heterocycles.